The highest BCUT2D eigenvalue weighted by Gasteiger charge is 2.38. The summed E-state index contributed by atoms with van der Waals surface area (Å²) in [6, 6.07) is 8.03. The van der Waals surface area contributed by atoms with E-state index in [-0.39, 0.29) is 5.91 Å². The second-order valence-electron chi connectivity index (χ2n) is 5.91. The molecule has 2 aromatic rings. The van der Waals surface area contributed by atoms with Crippen LogP contribution in [-0.2, 0) is 0 Å². The van der Waals surface area contributed by atoms with E-state index in [0.717, 1.165) is 41.4 Å². The number of rotatable bonds is 1. The van der Waals surface area contributed by atoms with Crippen LogP contribution in [0.4, 0.5) is 0 Å². The van der Waals surface area contributed by atoms with Crippen molar-refractivity contribution in [3.8, 4) is 0 Å². The van der Waals surface area contributed by atoms with Crippen LogP contribution < -0.4 is 0 Å². The van der Waals surface area contributed by atoms with E-state index in [1.807, 2.05) is 30.5 Å². The highest BCUT2D eigenvalue weighted by atomic mass is 16.2. The number of para-hydroxylation sites is 1. The average Bonchev–Trinajstić information content (AvgIpc) is 3.11. The standard InChI is InChI=1S/C16H18N2O/c19-16(18-9-11-4-3-5-12(11)10-18)14-8-17-15-7-2-1-6-13(14)15/h1-2,6-8,11-12,17H,3-5,9-10H2. The van der Waals surface area contributed by atoms with Crippen molar-refractivity contribution in [2.24, 2.45) is 11.8 Å². The van der Waals surface area contributed by atoms with Gasteiger partial charge in [0.1, 0.15) is 0 Å². The Morgan fingerprint density at radius 2 is 1.89 bits per heavy atom. The molecule has 4 rings (SSSR count). The normalized spacial score (nSPS) is 26.0. The van der Waals surface area contributed by atoms with Crippen LogP contribution in [0, 0.1) is 11.8 Å². The SMILES string of the molecule is O=C(c1c[nH]c2ccccc12)N1CC2CCCC2C1. The van der Waals surface area contributed by atoms with E-state index in [4.69, 9.17) is 0 Å². The van der Waals surface area contributed by atoms with E-state index < -0.39 is 0 Å². The molecule has 2 fully saturated rings. The molecule has 0 bridgehead atoms. The molecule has 0 radical (unpaired) electrons. The van der Waals surface area contributed by atoms with Gasteiger partial charge in [-0.1, -0.05) is 24.6 Å². The quantitative estimate of drug-likeness (QED) is 0.834. The monoisotopic (exact) mass is 254 g/mol. The van der Waals surface area contributed by atoms with Gasteiger partial charge in [0.05, 0.1) is 5.56 Å². The third-order valence-corrected chi connectivity index (χ3v) is 4.83. The van der Waals surface area contributed by atoms with E-state index in [1.54, 1.807) is 0 Å². The van der Waals surface area contributed by atoms with Gasteiger partial charge in [0.25, 0.3) is 5.91 Å². The number of benzene rings is 1. The number of carbonyl (C=O) groups is 1. The Labute approximate surface area is 112 Å². The fraction of sp³-hybridized carbons (Fsp3) is 0.438. The molecule has 1 N–H and O–H groups in total. The molecule has 1 aliphatic heterocycles. The molecule has 2 unspecified atom stereocenters. The van der Waals surface area contributed by atoms with Gasteiger partial charge < -0.3 is 9.88 Å². The van der Waals surface area contributed by atoms with Crippen LogP contribution in [0.15, 0.2) is 30.5 Å². The zero-order valence-corrected chi connectivity index (χ0v) is 10.9. The minimum absolute atomic E-state index is 0.201. The fourth-order valence-corrected chi connectivity index (χ4v) is 3.82. The Morgan fingerprint density at radius 3 is 2.68 bits per heavy atom. The highest BCUT2D eigenvalue weighted by molar-refractivity contribution is 6.06. The van der Waals surface area contributed by atoms with Gasteiger partial charge in [-0.25, -0.2) is 0 Å². The topological polar surface area (TPSA) is 36.1 Å². The molecule has 3 nitrogen and oxygen atoms in total. The van der Waals surface area contributed by atoms with E-state index >= 15 is 0 Å². The van der Waals surface area contributed by atoms with Crippen molar-refractivity contribution in [3.05, 3.63) is 36.0 Å². The number of aromatic nitrogens is 1. The Bertz CT molecular complexity index is 618. The zero-order chi connectivity index (χ0) is 12.8. The molecule has 2 atom stereocenters. The Balaban J connectivity index is 1.64. The molecular weight excluding hydrogens is 236 g/mol. The average molecular weight is 254 g/mol. The molecule has 1 saturated carbocycles. The molecular formula is C16H18N2O. The summed E-state index contributed by atoms with van der Waals surface area (Å²) < 4.78 is 0. The van der Waals surface area contributed by atoms with Crippen LogP contribution in [0.1, 0.15) is 29.6 Å². The van der Waals surface area contributed by atoms with Gasteiger partial charge in [0, 0.05) is 30.2 Å². The van der Waals surface area contributed by atoms with Gasteiger partial charge in [-0.05, 0) is 30.7 Å². The van der Waals surface area contributed by atoms with Gasteiger partial charge >= 0.3 is 0 Å². The molecule has 98 valence electrons. The summed E-state index contributed by atoms with van der Waals surface area (Å²) in [4.78, 5) is 17.9. The molecule has 2 aliphatic rings. The summed E-state index contributed by atoms with van der Waals surface area (Å²) in [6.07, 6.45) is 5.83. The van der Waals surface area contributed by atoms with Crippen molar-refractivity contribution in [2.75, 3.05) is 13.1 Å². The number of fused-ring (bicyclic) bond motifs is 2. The van der Waals surface area contributed by atoms with Gasteiger partial charge in [0.15, 0.2) is 0 Å². The predicted molar refractivity (Wildman–Crippen MR) is 75.0 cm³/mol. The predicted octanol–water partition coefficient (Wildman–Crippen LogP) is 3.04. The van der Waals surface area contributed by atoms with Crippen LogP contribution in [-0.4, -0.2) is 28.9 Å². The van der Waals surface area contributed by atoms with E-state index in [1.165, 1.54) is 19.3 Å². The molecule has 3 heteroatoms. The summed E-state index contributed by atoms with van der Waals surface area (Å²) in [7, 11) is 0. The lowest BCUT2D eigenvalue weighted by atomic mass is 10.0. The highest BCUT2D eigenvalue weighted by Crippen LogP contribution is 2.38. The number of amides is 1. The van der Waals surface area contributed by atoms with Gasteiger partial charge in [-0.2, -0.15) is 0 Å². The second-order valence-corrected chi connectivity index (χ2v) is 5.91. The number of H-pyrrole nitrogens is 1. The van der Waals surface area contributed by atoms with Crippen molar-refractivity contribution >= 4 is 16.8 Å². The molecule has 1 aliphatic carbocycles. The minimum atomic E-state index is 0.201. The fourth-order valence-electron chi connectivity index (χ4n) is 3.82. The van der Waals surface area contributed by atoms with Crippen LogP contribution in [0.5, 0.6) is 0 Å². The van der Waals surface area contributed by atoms with Crippen molar-refractivity contribution in [1.82, 2.24) is 9.88 Å². The maximum Gasteiger partial charge on any atom is 0.256 e. The number of hydrogen-bond acceptors (Lipinski definition) is 1. The maximum absolute atomic E-state index is 12.7. The first-order valence-corrected chi connectivity index (χ1v) is 7.18. The summed E-state index contributed by atoms with van der Waals surface area (Å²) >= 11 is 0. The van der Waals surface area contributed by atoms with Crippen LogP contribution in [0.2, 0.25) is 0 Å². The van der Waals surface area contributed by atoms with E-state index in [9.17, 15) is 4.79 Å². The molecule has 1 saturated heterocycles. The molecule has 1 amide bonds. The Kier molecular flexibility index (Phi) is 2.40. The second kappa shape index (κ2) is 4.12. The number of hydrogen-bond donors (Lipinski definition) is 1. The van der Waals surface area contributed by atoms with Crippen LogP contribution in [0.3, 0.4) is 0 Å². The van der Waals surface area contributed by atoms with Crippen molar-refractivity contribution in [3.63, 3.8) is 0 Å². The summed E-state index contributed by atoms with van der Waals surface area (Å²) in [6.45, 7) is 1.92. The number of nitrogens with zero attached hydrogens (tertiary/aromatic N) is 1. The summed E-state index contributed by atoms with van der Waals surface area (Å²) in [5.41, 5.74) is 1.88. The van der Waals surface area contributed by atoms with E-state index in [0.29, 0.717) is 0 Å². The molecule has 0 spiro atoms. The Hall–Kier alpha value is -1.77. The third-order valence-electron chi connectivity index (χ3n) is 4.83. The van der Waals surface area contributed by atoms with Gasteiger partial charge in [-0.15, -0.1) is 0 Å². The van der Waals surface area contributed by atoms with Gasteiger partial charge in [-0.3, -0.25) is 4.79 Å². The van der Waals surface area contributed by atoms with Gasteiger partial charge in [0.2, 0.25) is 0 Å². The first-order valence-electron chi connectivity index (χ1n) is 7.18. The molecule has 2 heterocycles. The summed E-state index contributed by atoms with van der Waals surface area (Å²) in [5.74, 6) is 1.72. The first kappa shape index (κ1) is 11.1. The molecule has 1 aromatic carbocycles. The van der Waals surface area contributed by atoms with Crippen molar-refractivity contribution in [1.29, 1.82) is 0 Å². The van der Waals surface area contributed by atoms with Crippen molar-refractivity contribution < 1.29 is 4.79 Å². The Morgan fingerprint density at radius 1 is 1.16 bits per heavy atom. The van der Waals surface area contributed by atoms with Crippen molar-refractivity contribution in [2.45, 2.75) is 19.3 Å². The lowest BCUT2D eigenvalue weighted by Gasteiger charge is -2.16. The summed E-state index contributed by atoms with van der Waals surface area (Å²) in [5, 5.41) is 1.05. The van der Waals surface area contributed by atoms with Crippen LogP contribution in [0.25, 0.3) is 10.9 Å². The smallest absolute Gasteiger partial charge is 0.256 e. The number of carbonyl (C=O) groups excluding carboxylic acids is 1. The number of likely N-dealkylation sites (tertiary alicyclic amines) is 1. The first-order chi connectivity index (χ1) is 9.33. The maximum atomic E-state index is 12.7. The largest absolute Gasteiger partial charge is 0.360 e. The lowest BCUT2D eigenvalue weighted by molar-refractivity contribution is 0.0782. The molecule has 19 heavy (non-hydrogen) atoms. The lowest BCUT2D eigenvalue weighted by Crippen LogP contribution is -2.29. The van der Waals surface area contributed by atoms with E-state index in [2.05, 4.69) is 9.88 Å². The third kappa shape index (κ3) is 1.68. The zero-order valence-electron chi connectivity index (χ0n) is 10.9. The number of nitrogens with one attached hydrogen (secondary N) is 1. The molecule has 1 aromatic heterocycles. The van der Waals surface area contributed by atoms with Crippen LogP contribution >= 0.6 is 0 Å². The minimum Gasteiger partial charge on any atom is -0.360 e. The number of aromatic amines is 1.